The second kappa shape index (κ2) is 20.2. The van der Waals surface area contributed by atoms with Crippen LogP contribution >= 0.6 is 0 Å². The Labute approximate surface area is 367 Å². The Morgan fingerprint density at radius 3 is 1.75 bits per heavy atom. The van der Waals surface area contributed by atoms with Gasteiger partial charge in [0.2, 0.25) is 5.75 Å². The van der Waals surface area contributed by atoms with Crippen LogP contribution in [0, 0.1) is 12.1 Å². The summed E-state index contributed by atoms with van der Waals surface area (Å²) in [6.07, 6.45) is -1.44. The average molecular weight is 843 g/mol. The van der Waals surface area contributed by atoms with Gasteiger partial charge in [-0.1, -0.05) is 109 Å². The van der Waals surface area contributed by atoms with Crippen LogP contribution in [0.25, 0.3) is 0 Å². The van der Waals surface area contributed by atoms with Crippen molar-refractivity contribution in [2.24, 2.45) is 0 Å². The van der Waals surface area contributed by atoms with Crippen LogP contribution in [0.1, 0.15) is 49.8 Å². The quantitative estimate of drug-likeness (QED) is 0.0777. The molecule has 0 bridgehead atoms. The van der Waals surface area contributed by atoms with Gasteiger partial charge in [0.1, 0.15) is 49.8 Å². The number of hydrogen-bond acceptors (Lipinski definition) is 10. The van der Waals surface area contributed by atoms with Crippen LogP contribution in [-0.4, -0.2) is 33.4 Å². The summed E-state index contributed by atoms with van der Waals surface area (Å²) in [6, 6.07) is 53.6. The van der Waals surface area contributed by atoms with Gasteiger partial charge in [-0.05, 0) is 64.7 Å². The average Bonchev–Trinajstić information content (AvgIpc) is 3.34. The summed E-state index contributed by atoms with van der Waals surface area (Å²) in [7, 11) is 4.48. The smallest absolute Gasteiger partial charge is 0.338 e. The third-order valence-corrected chi connectivity index (χ3v) is 10.4. The Bertz CT molecular complexity index is 2560. The van der Waals surface area contributed by atoms with E-state index in [0.29, 0.717) is 70.3 Å². The van der Waals surface area contributed by atoms with Crippen LogP contribution in [0.4, 0.5) is 0 Å². The van der Waals surface area contributed by atoms with Gasteiger partial charge < -0.3 is 42.6 Å². The van der Waals surface area contributed by atoms with Crippen LogP contribution in [0.3, 0.4) is 0 Å². The van der Waals surface area contributed by atoms with Gasteiger partial charge in [0, 0.05) is 29.7 Å². The predicted octanol–water partition coefficient (Wildman–Crippen LogP) is 10.5. The molecule has 7 aromatic rings. The van der Waals surface area contributed by atoms with Crippen molar-refractivity contribution in [3.05, 3.63) is 203 Å². The molecule has 0 radical (unpaired) electrons. The topological polar surface area (TPSA) is 100 Å². The molecule has 318 valence electrons. The maximum Gasteiger partial charge on any atom is 0.338 e. The van der Waals surface area contributed by atoms with Crippen LogP contribution in [0.2, 0.25) is 0 Å². The molecule has 2 atom stereocenters. The molecule has 0 saturated heterocycles. The Morgan fingerprint density at radius 2 is 1.16 bits per heavy atom. The second-order valence-electron chi connectivity index (χ2n) is 14.7. The highest BCUT2D eigenvalue weighted by molar-refractivity contribution is 5.91. The summed E-state index contributed by atoms with van der Waals surface area (Å²) in [6.45, 7) is 1.19. The van der Waals surface area contributed by atoms with E-state index in [2.05, 4.69) is 12.1 Å². The monoisotopic (exact) mass is 842 g/mol. The van der Waals surface area contributed by atoms with Gasteiger partial charge in [-0.2, -0.15) is 0 Å². The zero-order valence-corrected chi connectivity index (χ0v) is 35.2. The molecule has 0 aromatic heterocycles. The third kappa shape index (κ3) is 10.4. The molecule has 1 aliphatic heterocycles. The van der Waals surface area contributed by atoms with E-state index in [1.807, 2.05) is 133 Å². The van der Waals surface area contributed by atoms with E-state index < -0.39 is 18.2 Å². The Morgan fingerprint density at radius 1 is 0.571 bits per heavy atom. The molecule has 1 heterocycles. The number of carbonyl (C=O) groups excluding carboxylic acids is 1. The van der Waals surface area contributed by atoms with Gasteiger partial charge in [-0.3, -0.25) is 0 Å². The minimum Gasteiger partial charge on any atom is -0.493 e. The second-order valence-corrected chi connectivity index (χ2v) is 14.7. The van der Waals surface area contributed by atoms with Gasteiger partial charge in [-0.25, -0.2) is 4.79 Å². The van der Waals surface area contributed by atoms with E-state index in [0.717, 1.165) is 22.3 Å². The van der Waals surface area contributed by atoms with E-state index in [-0.39, 0.29) is 25.2 Å². The van der Waals surface area contributed by atoms with Crippen molar-refractivity contribution in [2.45, 2.75) is 45.1 Å². The number of benzene rings is 6. The zero-order valence-electron chi connectivity index (χ0n) is 35.2. The molecule has 10 nitrogen and oxygen atoms in total. The molecule has 10 heteroatoms. The highest BCUT2D eigenvalue weighted by atomic mass is 16.6. The van der Waals surface area contributed by atoms with Crippen molar-refractivity contribution < 1.29 is 47.4 Å². The van der Waals surface area contributed by atoms with Crippen molar-refractivity contribution in [2.75, 3.05) is 21.3 Å². The first-order valence-corrected chi connectivity index (χ1v) is 20.5. The molecule has 7 aromatic carbocycles. The number of rotatable bonds is 18. The first-order valence-electron chi connectivity index (χ1n) is 20.5. The van der Waals surface area contributed by atoms with Crippen LogP contribution in [0.15, 0.2) is 152 Å². The highest BCUT2D eigenvalue weighted by Gasteiger charge is 2.38. The molecule has 0 spiro atoms. The summed E-state index contributed by atoms with van der Waals surface area (Å²) < 4.78 is 55.7. The molecule has 0 saturated carbocycles. The number of methoxy groups -OCH3 is 3. The van der Waals surface area contributed by atoms with Crippen molar-refractivity contribution in [3.8, 4) is 46.0 Å². The maximum atomic E-state index is 14.3. The molecule has 0 fully saturated rings. The fraction of sp³-hybridized carbons (Fsp3) is 0.189. The lowest BCUT2D eigenvalue weighted by molar-refractivity contribution is -0.0190. The molecule has 0 amide bonds. The third-order valence-electron chi connectivity index (χ3n) is 10.4. The first-order chi connectivity index (χ1) is 31.0. The normalized spacial score (nSPS) is 13.9. The Balaban J connectivity index is 1.18. The van der Waals surface area contributed by atoms with Gasteiger partial charge in [-0.15, -0.1) is 0 Å². The summed E-state index contributed by atoms with van der Waals surface area (Å²) >= 11 is 0. The molecule has 1 aliphatic rings. The van der Waals surface area contributed by atoms with Gasteiger partial charge in [0.25, 0.3) is 0 Å². The Kier molecular flexibility index (Phi) is 13.4. The van der Waals surface area contributed by atoms with E-state index >= 15 is 0 Å². The van der Waals surface area contributed by atoms with Crippen molar-refractivity contribution in [1.29, 1.82) is 0 Å². The van der Waals surface area contributed by atoms with Gasteiger partial charge in [0.15, 0.2) is 29.1 Å². The molecule has 8 rings (SSSR count). The fourth-order valence-corrected chi connectivity index (χ4v) is 7.20. The number of ether oxygens (including phenoxy) is 9. The number of fused-ring (bicyclic) bond motifs is 1. The van der Waals surface area contributed by atoms with Crippen molar-refractivity contribution in [3.63, 3.8) is 0 Å². The zero-order chi connectivity index (χ0) is 43.4. The molecule has 0 aliphatic carbocycles. The summed E-state index contributed by atoms with van der Waals surface area (Å²) in [5.41, 5.74) is 5.49. The number of esters is 1. The minimum atomic E-state index is -0.859. The van der Waals surface area contributed by atoms with E-state index in [1.54, 1.807) is 18.2 Å². The molecule has 0 N–H and O–H groups in total. The molecule has 1 unspecified atom stereocenters. The van der Waals surface area contributed by atoms with E-state index in [1.165, 1.54) is 21.3 Å². The number of carbonyl (C=O) groups is 1. The van der Waals surface area contributed by atoms with Gasteiger partial charge in [0.05, 0.1) is 26.9 Å². The summed E-state index contributed by atoms with van der Waals surface area (Å²) in [4.78, 5) is 14.3. The maximum absolute atomic E-state index is 14.3. The van der Waals surface area contributed by atoms with Crippen LogP contribution in [0.5, 0.6) is 46.0 Å². The standard InChI is InChI=1S/C53H46O10/c1-55-48-27-41(28-49(56-2)52(48)57-3)53(54)63-50-31-43-45(60-34-38-20-12-6-13-21-38)29-42(58-32-36-16-8-4-9-17-36)30-46(43)62-51(50)40-24-25-44(59-33-37-18-10-5-11-19-37)47(26-40)61-35-39-22-14-7-15-23-39/h4-6,8-14,16-30,50-51H,31-35H2,1-3H3/t50-,51?/m1/s1. The molecular weight excluding hydrogens is 797 g/mol. The summed E-state index contributed by atoms with van der Waals surface area (Å²) in [5.74, 6) is 2.98. The van der Waals surface area contributed by atoms with Crippen LogP contribution < -0.4 is 37.9 Å². The highest BCUT2D eigenvalue weighted by Crippen LogP contribution is 2.46. The van der Waals surface area contributed by atoms with E-state index in [4.69, 9.17) is 42.6 Å². The fourth-order valence-electron chi connectivity index (χ4n) is 7.20. The Hall–Kier alpha value is -7.77. The van der Waals surface area contributed by atoms with Crippen molar-refractivity contribution in [1.82, 2.24) is 0 Å². The molecular formula is C53H46O10. The SMILES string of the molecule is COc1cc(C(=O)O[C@@H]2Cc3c(OCc4ccccc4)cc(OCc4ccccc4)cc3OC2c2ccc(OCc3ccccc3)c(OCc3cc#ccc3)c2)cc(OC)c1OC. The first kappa shape index (κ1) is 41.9. The minimum absolute atomic E-state index is 0.199. The van der Waals surface area contributed by atoms with Crippen LogP contribution in [-0.2, 0) is 37.6 Å². The van der Waals surface area contributed by atoms with Crippen molar-refractivity contribution >= 4 is 5.97 Å². The van der Waals surface area contributed by atoms with E-state index in [9.17, 15) is 4.79 Å². The number of hydrogen-bond donors (Lipinski definition) is 0. The summed E-state index contributed by atoms with van der Waals surface area (Å²) in [5, 5.41) is 0. The molecule has 63 heavy (non-hydrogen) atoms. The lowest BCUT2D eigenvalue weighted by atomic mass is 9.93. The largest absolute Gasteiger partial charge is 0.493 e. The lowest BCUT2D eigenvalue weighted by Crippen LogP contribution is -2.35. The van der Waals surface area contributed by atoms with Gasteiger partial charge >= 0.3 is 5.97 Å². The lowest BCUT2D eigenvalue weighted by Gasteiger charge is -2.35. The predicted molar refractivity (Wildman–Crippen MR) is 236 cm³/mol.